The molecule has 1 heterocycles. The summed E-state index contributed by atoms with van der Waals surface area (Å²) in [4.78, 5) is 17.9. The summed E-state index contributed by atoms with van der Waals surface area (Å²) in [7, 11) is 1.83. The van der Waals surface area contributed by atoms with Crippen LogP contribution in [0.4, 0.5) is 5.82 Å². The quantitative estimate of drug-likeness (QED) is 0.871. The Hall–Kier alpha value is -1.33. The summed E-state index contributed by atoms with van der Waals surface area (Å²) >= 11 is 5.79. The average Bonchev–Trinajstić information content (AvgIpc) is 2.47. The van der Waals surface area contributed by atoms with Crippen LogP contribution in [0.15, 0.2) is 18.3 Å². The summed E-state index contributed by atoms with van der Waals surface area (Å²) in [5.41, 5.74) is 0. The first kappa shape index (κ1) is 16.0. The second-order valence-corrected chi connectivity index (χ2v) is 6.11. The fourth-order valence-electron chi connectivity index (χ4n) is 2.55. The van der Waals surface area contributed by atoms with Crippen LogP contribution in [0.5, 0.6) is 0 Å². The summed E-state index contributed by atoms with van der Waals surface area (Å²) in [6.07, 6.45) is 5.06. The number of carbonyl (C=O) groups is 1. The molecule has 2 rings (SSSR count). The minimum atomic E-state index is -0.154. The molecule has 6 heteroatoms. The predicted octanol–water partition coefficient (Wildman–Crippen LogP) is 1.84. The first-order valence-corrected chi connectivity index (χ1v) is 7.70. The van der Waals surface area contributed by atoms with Crippen LogP contribution in [0.1, 0.15) is 25.7 Å². The number of aliphatic hydroxyl groups is 1. The fourth-order valence-corrected chi connectivity index (χ4v) is 2.67. The number of hydrogen-bond acceptors (Lipinski definition) is 4. The van der Waals surface area contributed by atoms with Gasteiger partial charge in [-0.3, -0.25) is 4.79 Å². The zero-order valence-electron chi connectivity index (χ0n) is 12.3. The Kier molecular flexibility index (Phi) is 5.82. The lowest BCUT2D eigenvalue weighted by molar-refractivity contribution is -0.120. The zero-order chi connectivity index (χ0) is 15.2. The molecular formula is C15H22ClN3O2. The summed E-state index contributed by atoms with van der Waals surface area (Å²) < 4.78 is 0. The Balaban J connectivity index is 1.72. The van der Waals surface area contributed by atoms with Gasteiger partial charge >= 0.3 is 0 Å². The van der Waals surface area contributed by atoms with Crippen molar-refractivity contribution >= 4 is 23.3 Å². The van der Waals surface area contributed by atoms with Gasteiger partial charge in [-0.05, 0) is 43.7 Å². The Morgan fingerprint density at radius 2 is 2.14 bits per heavy atom. The number of pyridine rings is 1. The molecule has 0 radical (unpaired) electrons. The predicted molar refractivity (Wildman–Crippen MR) is 83.5 cm³/mol. The highest BCUT2D eigenvalue weighted by atomic mass is 35.5. The molecule has 1 fully saturated rings. The number of nitrogens with one attached hydrogen (secondary N) is 1. The monoisotopic (exact) mass is 311 g/mol. The van der Waals surface area contributed by atoms with E-state index in [0.29, 0.717) is 17.5 Å². The number of halogens is 1. The summed E-state index contributed by atoms with van der Waals surface area (Å²) in [5.74, 6) is 1.19. The Bertz CT molecular complexity index is 458. The lowest BCUT2D eigenvalue weighted by Gasteiger charge is -2.26. The number of aromatic nitrogens is 1. The topological polar surface area (TPSA) is 65.5 Å². The van der Waals surface area contributed by atoms with E-state index in [1.165, 1.54) is 0 Å². The van der Waals surface area contributed by atoms with Crippen molar-refractivity contribution in [2.45, 2.75) is 31.8 Å². The molecule has 1 aliphatic rings. The van der Waals surface area contributed by atoms with Crippen LogP contribution in [-0.2, 0) is 4.79 Å². The molecule has 0 bridgehead atoms. The van der Waals surface area contributed by atoms with Gasteiger partial charge in [0.15, 0.2) is 0 Å². The van der Waals surface area contributed by atoms with Crippen LogP contribution >= 0.6 is 11.6 Å². The van der Waals surface area contributed by atoms with Crippen molar-refractivity contribution in [3.05, 3.63) is 23.4 Å². The van der Waals surface area contributed by atoms with E-state index in [1.807, 2.05) is 7.05 Å². The molecule has 0 unspecified atom stereocenters. The van der Waals surface area contributed by atoms with E-state index in [1.54, 1.807) is 23.2 Å². The van der Waals surface area contributed by atoms with E-state index in [4.69, 9.17) is 11.6 Å². The van der Waals surface area contributed by atoms with Crippen molar-refractivity contribution in [1.82, 2.24) is 10.3 Å². The van der Waals surface area contributed by atoms with E-state index in [9.17, 15) is 9.90 Å². The van der Waals surface area contributed by atoms with Crippen molar-refractivity contribution < 1.29 is 9.90 Å². The van der Waals surface area contributed by atoms with Gasteiger partial charge in [-0.2, -0.15) is 0 Å². The van der Waals surface area contributed by atoms with Crippen molar-refractivity contribution in [1.29, 1.82) is 0 Å². The van der Waals surface area contributed by atoms with Crippen molar-refractivity contribution in [3.8, 4) is 0 Å². The van der Waals surface area contributed by atoms with E-state index in [-0.39, 0.29) is 18.6 Å². The molecule has 116 valence electrons. The smallest absolute Gasteiger partial charge is 0.239 e. The van der Waals surface area contributed by atoms with Crippen molar-refractivity contribution in [3.63, 3.8) is 0 Å². The third-order valence-electron chi connectivity index (χ3n) is 3.89. The van der Waals surface area contributed by atoms with Gasteiger partial charge < -0.3 is 15.3 Å². The van der Waals surface area contributed by atoms with Crippen LogP contribution in [0, 0.1) is 5.92 Å². The molecule has 1 aromatic rings. The second kappa shape index (κ2) is 7.61. The van der Waals surface area contributed by atoms with Gasteiger partial charge in [-0.25, -0.2) is 4.98 Å². The van der Waals surface area contributed by atoms with E-state index in [0.717, 1.165) is 31.5 Å². The number of aliphatic hydroxyl groups excluding tert-OH is 1. The largest absolute Gasteiger partial charge is 0.393 e. The number of likely N-dealkylation sites (N-methyl/N-ethyl adjacent to an activating group) is 1. The number of rotatable bonds is 5. The molecule has 0 atom stereocenters. The fraction of sp³-hybridized carbons (Fsp3) is 0.600. The summed E-state index contributed by atoms with van der Waals surface area (Å²) in [6, 6.07) is 3.55. The molecule has 1 aliphatic carbocycles. The molecule has 1 amide bonds. The third kappa shape index (κ3) is 5.17. The highest BCUT2D eigenvalue weighted by Gasteiger charge is 2.20. The number of carbonyl (C=O) groups excluding carboxylic acids is 1. The molecule has 2 N–H and O–H groups in total. The standard InChI is InChI=1S/C15H22ClN3O2/c1-19(14-7-4-12(16)9-17-14)10-15(21)18-8-11-2-5-13(20)6-3-11/h4,7,9,11,13,20H,2-3,5-6,8,10H2,1H3,(H,18,21). The van der Waals surface area contributed by atoms with Crippen LogP contribution in [-0.4, -0.2) is 42.2 Å². The van der Waals surface area contributed by atoms with E-state index >= 15 is 0 Å². The third-order valence-corrected chi connectivity index (χ3v) is 4.11. The number of hydrogen-bond donors (Lipinski definition) is 2. The molecule has 0 aromatic carbocycles. The molecule has 1 saturated carbocycles. The van der Waals surface area contributed by atoms with E-state index in [2.05, 4.69) is 10.3 Å². The minimum absolute atomic E-state index is 0.0135. The maximum atomic E-state index is 11.9. The molecule has 21 heavy (non-hydrogen) atoms. The van der Waals surface area contributed by atoms with Gasteiger partial charge in [0.1, 0.15) is 5.82 Å². The first-order valence-electron chi connectivity index (χ1n) is 7.32. The Morgan fingerprint density at radius 3 is 2.76 bits per heavy atom. The SMILES string of the molecule is CN(CC(=O)NCC1CCC(O)CC1)c1ccc(Cl)cn1. The lowest BCUT2D eigenvalue weighted by atomic mass is 9.87. The van der Waals surface area contributed by atoms with Gasteiger partial charge in [0.2, 0.25) is 5.91 Å². The van der Waals surface area contributed by atoms with Crippen LogP contribution in [0.25, 0.3) is 0 Å². The first-order chi connectivity index (χ1) is 10.0. The maximum absolute atomic E-state index is 11.9. The highest BCUT2D eigenvalue weighted by Crippen LogP contribution is 2.23. The Morgan fingerprint density at radius 1 is 1.43 bits per heavy atom. The lowest BCUT2D eigenvalue weighted by Crippen LogP contribution is -2.38. The van der Waals surface area contributed by atoms with Gasteiger partial charge in [0.25, 0.3) is 0 Å². The highest BCUT2D eigenvalue weighted by molar-refractivity contribution is 6.30. The number of amides is 1. The zero-order valence-corrected chi connectivity index (χ0v) is 13.0. The molecule has 0 spiro atoms. The number of anilines is 1. The van der Waals surface area contributed by atoms with Crippen LogP contribution < -0.4 is 10.2 Å². The molecule has 5 nitrogen and oxygen atoms in total. The van der Waals surface area contributed by atoms with Gasteiger partial charge in [-0.15, -0.1) is 0 Å². The number of nitrogens with zero attached hydrogens (tertiary/aromatic N) is 2. The average molecular weight is 312 g/mol. The summed E-state index contributed by atoms with van der Waals surface area (Å²) in [5, 5.41) is 13.0. The van der Waals surface area contributed by atoms with Crippen molar-refractivity contribution in [2.75, 3.05) is 25.0 Å². The second-order valence-electron chi connectivity index (χ2n) is 5.67. The van der Waals surface area contributed by atoms with Crippen LogP contribution in [0.3, 0.4) is 0 Å². The maximum Gasteiger partial charge on any atom is 0.239 e. The van der Waals surface area contributed by atoms with E-state index < -0.39 is 0 Å². The molecule has 0 saturated heterocycles. The molecular weight excluding hydrogens is 290 g/mol. The van der Waals surface area contributed by atoms with Crippen LogP contribution in [0.2, 0.25) is 5.02 Å². The minimum Gasteiger partial charge on any atom is -0.393 e. The Labute approximate surface area is 130 Å². The van der Waals surface area contributed by atoms with Gasteiger partial charge in [-0.1, -0.05) is 11.6 Å². The van der Waals surface area contributed by atoms with Crippen molar-refractivity contribution in [2.24, 2.45) is 5.92 Å². The molecule has 0 aliphatic heterocycles. The molecule has 1 aromatic heterocycles. The van der Waals surface area contributed by atoms with Gasteiger partial charge in [0.05, 0.1) is 17.7 Å². The summed E-state index contributed by atoms with van der Waals surface area (Å²) in [6.45, 7) is 0.956. The normalized spacial score (nSPS) is 21.9. The van der Waals surface area contributed by atoms with Gasteiger partial charge in [0, 0.05) is 19.8 Å².